The molecule has 1 aliphatic rings. The molecule has 0 bridgehead atoms. The summed E-state index contributed by atoms with van der Waals surface area (Å²) in [6.45, 7) is 0.673. The fourth-order valence-corrected chi connectivity index (χ4v) is 1.31. The normalized spacial score (nSPS) is 17.5. The van der Waals surface area contributed by atoms with Crippen LogP contribution in [0.3, 0.4) is 0 Å². The summed E-state index contributed by atoms with van der Waals surface area (Å²) in [5.74, 6) is 0.0506. The SMILES string of the molecule is CN(C)C=C(C#N)N1CCCC1=O. The van der Waals surface area contributed by atoms with Crippen molar-refractivity contribution in [2.45, 2.75) is 12.8 Å². The van der Waals surface area contributed by atoms with Crippen LogP contribution in [-0.4, -0.2) is 36.3 Å². The van der Waals surface area contributed by atoms with Crippen LogP contribution in [-0.2, 0) is 4.79 Å². The molecule has 4 nitrogen and oxygen atoms in total. The van der Waals surface area contributed by atoms with Crippen molar-refractivity contribution >= 4 is 5.91 Å². The maximum atomic E-state index is 11.3. The Bertz CT molecular complexity index is 275. The number of hydrogen-bond donors (Lipinski definition) is 0. The molecule has 0 saturated carbocycles. The molecule has 1 saturated heterocycles. The summed E-state index contributed by atoms with van der Waals surface area (Å²) in [5.41, 5.74) is 0.438. The highest BCUT2D eigenvalue weighted by atomic mass is 16.2. The molecule has 1 rings (SSSR count). The first kappa shape index (κ1) is 9.59. The van der Waals surface area contributed by atoms with Crippen LogP contribution in [0.5, 0.6) is 0 Å². The topological polar surface area (TPSA) is 47.3 Å². The largest absolute Gasteiger partial charge is 0.381 e. The minimum absolute atomic E-state index is 0.0506. The molecule has 0 aromatic carbocycles. The Morgan fingerprint density at radius 1 is 1.69 bits per heavy atom. The van der Waals surface area contributed by atoms with Crippen molar-refractivity contribution in [3.63, 3.8) is 0 Å². The van der Waals surface area contributed by atoms with Gasteiger partial charge in [-0.2, -0.15) is 5.26 Å². The van der Waals surface area contributed by atoms with E-state index >= 15 is 0 Å². The summed E-state index contributed by atoms with van der Waals surface area (Å²) < 4.78 is 0. The molecule has 1 aliphatic heterocycles. The van der Waals surface area contributed by atoms with E-state index in [0.717, 1.165) is 6.42 Å². The summed E-state index contributed by atoms with van der Waals surface area (Å²) in [6, 6.07) is 2.03. The number of allylic oxidation sites excluding steroid dienone is 1. The lowest BCUT2D eigenvalue weighted by molar-refractivity contribution is -0.125. The third kappa shape index (κ3) is 2.22. The monoisotopic (exact) mass is 179 g/mol. The van der Waals surface area contributed by atoms with Crippen LogP contribution in [0.2, 0.25) is 0 Å². The molecule has 13 heavy (non-hydrogen) atoms. The third-order valence-corrected chi connectivity index (χ3v) is 1.86. The van der Waals surface area contributed by atoms with Gasteiger partial charge in [0, 0.05) is 33.3 Å². The smallest absolute Gasteiger partial charge is 0.227 e. The Labute approximate surface area is 78.0 Å². The van der Waals surface area contributed by atoms with Gasteiger partial charge in [0.25, 0.3) is 0 Å². The zero-order valence-electron chi connectivity index (χ0n) is 7.95. The van der Waals surface area contributed by atoms with E-state index in [1.54, 1.807) is 16.0 Å². The van der Waals surface area contributed by atoms with Gasteiger partial charge in [0.15, 0.2) is 0 Å². The van der Waals surface area contributed by atoms with Crippen LogP contribution in [0, 0.1) is 11.3 Å². The maximum Gasteiger partial charge on any atom is 0.227 e. The minimum Gasteiger partial charge on any atom is -0.381 e. The van der Waals surface area contributed by atoms with Gasteiger partial charge < -0.3 is 9.80 Å². The van der Waals surface area contributed by atoms with Gasteiger partial charge in [-0.25, -0.2) is 0 Å². The minimum atomic E-state index is 0.0506. The molecule has 4 heteroatoms. The molecule has 0 aliphatic carbocycles. The third-order valence-electron chi connectivity index (χ3n) is 1.86. The van der Waals surface area contributed by atoms with E-state index in [9.17, 15) is 4.79 Å². The predicted octanol–water partition coefficient (Wildman–Crippen LogP) is 0.535. The van der Waals surface area contributed by atoms with Crippen molar-refractivity contribution < 1.29 is 4.79 Å². The van der Waals surface area contributed by atoms with Gasteiger partial charge >= 0.3 is 0 Å². The van der Waals surface area contributed by atoms with Crippen LogP contribution < -0.4 is 0 Å². The lowest BCUT2D eigenvalue weighted by Crippen LogP contribution is -2.24. The highest BCUT2D eigenvalue weighted by molar-refractivity contribution is 5.80. The molecule has 0 N–H and O–H groups in total. The van der Waals surface area contributed by atoms with E-state index in [1.807, 2.05) is 20.2 Å². The average Bonchev–Trinajstić information content (AvgIpc) is 2.47. The van der Waals surface area contributed by atoms with Crippen LogP contribution in [0.1, 0.15) is 12.8 Å². The zero-order valence-corrected chi connectivity index (χ0v) is 7.95. The molecule has 70 valence electrons. The van der Waals surface area contributed by atoms with Crippen molar-refractivity contribution in [2.75, 3.05) is 20.6 Å². The summed E-state index contributed by atoms with van der Waals surface area (Å²) in [6.07, 6.45) is 3.08. The maximum absolute atomic E-state index is 11.3. The molecule has 0 radical (unpaired) electrons. The first-order valence-electron chi connectivity index (χ1n) is 4.24. The van der Waals surface area contributed by atoms with E-state index in [4.69, 9.17) is 5.26 Å². The summed E-state index contributed by atoms with van der Waals surface area (Å²) in [7, 11) is 3.66. The summed E-state index contributed by atoms with van der Waals surface area (Å²) >= 11 is 0. The Hall–Kier alpha value is -1.50. The van der Waals surface area contributed by atoms with Crippen LogP contribution in [0.15, 0.2) is 11.9 Å². The first-order valence-corrected chi connectivity index (χ1v) is 4.24. The Balaban J connectivity index is 2.79. The van der Waals surface area contributed by atoms with Gasteiger partial charge in [0.05, 0.1) is 0 Å². The van der Waals surface area contributed by atoms with Crippen molar-refractivity contribution in [3.8, 4) is 6.07 Å². The standard InChI is InChI=1S/C9H13N3O/c1-11(2)7-8(6-10)12-5-3-4-9(12)13/h7H,3-5H2,1-2H3. The molecular formula is C9H13N3O. The van der Waals surface area contributed by atoms with Gasteiger partial charge in [-0.05, 0) is 6.42 Å². The van der Waals surface area contributed by atoms with E-state index < -0.39 is 0 Å². The van der Waals surface area contributed by atoms with Crippen LogP contribution in [0.25, 0.3) is 0 Å². The number of nitrogens with zero attached hydrogens (tertiary/aromatic N) is 3. The van der Waals surface area contributed by atoms with Gasteiger partial charge in [-0.3, -0.25) is 4.79 Å². The number of rotatable bonds is 2. The zero-order chi connectivity index (χ0) is 9.84. The fourth-order valence-electron chi connectivity index (χ4n) is 1.31. The quantitative estimate of drug-likeness (QED) is 0.581. The lowest BCUT2D eigenvalue weighted by Gasteiger charge is -2.15. The van der Waals surface area contributed by atoms with Crippen molar-refractivity contribution in [2.24, 2.45) is 0 Å². The van der Waals surface area contributed by atoms with E-state index in [1.165, 1.54) is 0 Å². The summed E-state index contributed by atoms with van der Waals surface area (Å²) in [4.78, 5) is 14.6. The van der Waals surface area contributed by atoms with Gasteiger partial charge in [0.2, 0.25) is 5.91 Å². The predicted molar refractivity (Wildman–Crippen MR) is 48.3 cm³/mol. The molecular weight excluding hydrogens is 166 g/mol. The Morgan fingerprint density at radius 3 is 2.77 bits per heavy atom. The molecule has 1 amide bonds. The number of hydrogen-bond acceptors (Lipinski definition) is 3. The fraction of sp³-hybridized carbons (Fsp3) is 0.556. The summed E-state index contributed by atoms with van der Waals surface area (Å²) in [5, 5.41) is 8.81. The average molecular weight is 179 g/mol. The number of carbonyl (C=O) groups is 1. The van der Waals surface area contributed by atoms with Crippen molar-refractivity contribution in [1.82, 2.24) is 9.80 Å². The van der Waals surface area contributed by atoms with Crippen LogP contribution in [0.4, 0.5) is 0 Å². The molecule has 1 heterocycles. The Morgan fingerprint density at radius 2 is 2.38 bits per heavy atom. The van der Waals surface area contributed by atoms with Gasteiger partial charge in [-0.15, -0.1) is 0 Å². The van der Waals surface area contributed by atoms with Gasteiger partial charge in [0.1, 0.15) is 11.8 Å². The molecule has 0 aromatic rings. The molecule has 0 spiro atoms. The number of amides is 1. The molecule has 0 aromatic heterocycles. The Kier molecular flexibility index (Phi) is 2.91. The highest BCUT2D eigenvalue weighted by Gasteiger charge is 2.23. The van der Waals surface area contributed by atoms with Crippen LogP contribution >= 0.6 is 0 Å². The highest BCUT2D eigenvalue weighted by Crippen LogP contribution is 2.15. The second kappa shape index (κ2) is 3.94. The first-order chi connectivity index (χ1) is 6.15. The van der Waals surface area contributed by atoms with E-state index in [-0.39, 0.29) is 5.91 Å². The molecule has 1 fully saturated rings. The van der Waals surface area contributed by atoms with Gasteiger partial charge in [-0.1, -0.05) is 0 Å². The number of likely N-dealkylation sites (tertiary alicyclic amines) is 1. The number of carbonyl (C=O) groups excluding carboxylic acids is 1. The lowest BCUT2D eigenvalue weighted by atomic mass is 10.4. The van der Waals surface area contributed by atoms with Crippen molar-refractivity contribution in [1.29, 1.82) is 5.26 Å². The second-order valence-electron chi connectivity index (χ2n) is 3.24. The molecule has 0 unspecified atom stereocenters. The number of nitriles is 1. The second-order valence-corrected chi connectivity index (χ2v) is 3.24. The van der Waals surface area contributed by atoms with E-state index in [2.05, 4.69) is 0 Å². The van der Waals surface area contributed by atoms with E-state index in [0.29, 0.717) is 18.7 Å². The van der Waals surface area contributed by atoms with Crippen molar-refractivity contribution in [3.05, 3.63) is 11.9 Å². The molecule has 0 atom stereocenters.